The van der Waals surface area contributed by atoms with Crippen LogP contribution in [-0.2, 0) is 0 Å². The van der Waals surface area contributed by atoms with Crippen molar-refractivity contribution in [2.24, 2.45) is 0 Å². The minimum absolute atomic E-state index is 0.594. The van der Waals surface area contributed by atoms with Gasteiger partial charge in [-0.2, -0.15) is 0 Å². The minimum atomic E-state index is 0.594. The Morgan fingerprint density at radius 1 is 1.25 bits per heavy atom. The number of hydrogen-bond donors (Lipinski definition) is 1. The van der Waals surface area contributed by atoms with E-state index in [0.717, 1.165) is 6.54 Å². The maximum Gasteiger partial charge on any atom is 0.0294 e. The first-order valence-electron chi connectivity index (χ1n) is 8.51. The lowest BCUT2D eigenvalue weighted by molar-refractivity contribution is 0.103. The third-order valence-corrected chi connectivity index (χ3v) is 4.96. The van der Waals surface area contributed by atoms with Gasteiger partial charge in [-0.05, 0) is 52.7 Å². The lowest BCUT2D eigenvalue weighted by atomic mass is 9.94. The van der Waals surface area contributed by atoms with Gasteiger partial charge in [0.2, 0.25) is 0 Å². The molecule has 0 aromatic carbocycles. The molecule has 0 spiro atoms. The fourth-order valence-corrected chi connectivity index (χ4v) is 3.60. The van der Waals surface area contributed by atoms with Gasteiger partial charge in [-0.3, -0.25) is 0 Å². The van der Waals surface area contributed by atoms with Crippen LogP contribution in [-0.4, -0.2) is 62.2 Å². The molecule has 1 fully saturated rings. The molecule has 116 valence electrons. The molecule has 3 heteroatoms. The number of likely N-dealkylation sites (N-methyl/N-ethyl adjacent to an activating group) is 3. The van der Waals surface area contributed by atoms with Gasteiger partial charge in [-0.15, -0.1) is 0 Å². The van der Waals surface area contributed by atoms with Crippen molar-refractivity contribution in [3.8, 4) is 0 Å². The molecule has 1 N–H and O–H groups in total. The summed E-state index contributed by atoms with van der Waals surface area (Å²) in [5.74, 6) is 0. The van der Waals surface area contributed by atoms with Crippen LogP contribution in [0.4, 0.5) is 0 Å². The van der Waals surface area contributed by atoms with E-state index in [1.54, 1.807) is 5.57 Å². The number of piperazine rings is 1. The van der Waals surface area contributed by atoms with Crippen LogP contribution < -0.4 is 5.32 Å². The number of nitrogens with zero attached hydrogens (tertiary/aromatic N) is 2. The summed E-state index contributed by atoms with van der Waals surface area (Å²) in [6.45, 7) is 6.95. The first-order chi connectivity index (χ1) is 9.70. The number of nitrogens with one attached hydrogen (secondary N) is 1. The minimum Gasteiger partial charge on any atom is -0.310 e. The Hall–Kier alpha value is -0.380. The number of hydrogen-bond acceptors (Lipinski definition) is 3. The molecule has 0 bridgehead atoms. The Balaban J connectivity index is 1.98. The Bertz CT molecular complexity index is 313. The van der Waals surface area contributed by atoms with E-state index >= 15 is 0 Å². The summed E-state index contributed by atoms with van der Waals surface area (Å²) in [6, 6.07) is 1.29. The highest BCUT2D eigenvalue weighted by molar-refractivity contribution is 5.13. The average Bonchev–Trinajstić information content (AvgIpc) is 2.71. The molecular weight excluding hydrogens is 246 g/mol. The van der Waals surface area contributed by atoms with E-state index < -0.39 is 0 Å². The summed E-state index contributed by atoms with van der Waals surface area (Å²) in [5.41, 5.74) is 1.69. The van der Waals surface area contributed by atoms with Crippen LogP contribution in [0.3, 0.4) is 0 Å². The zero-order chi connectivity index (χ0) is 14.4. The Kier molecular flexibility index (Phi) is 6.53. The lowest BCUT2D eigenvalue weighted by Gasteiger charge is -2.40. The SMILES string of the molecule is CCNC(CC1CN(C)CCN1C)C1=CCCCCC1. The first-order valence-corrected chi connectivity index (χ1v) is 8.51. The molecule has 0 aromatic heterocycles. The van der Waals surface area contributed by atoms with Gasteiger partial charge in [0.05, 0.1) is 0 Å². The highest BCUT2D eigenvalue weighted by Gasteiger charge is 2.26. The van der Waals surface area contributed by atoms with Crippen molar-refractivity contribution in [3.63, 3.8) is 0 Å². The van der Waals surface area contributed by atoms with Crippen molar-refractivity contribution in [2.75, 3.05) is 40.3 Å². The van der Waals surface area contributed by atoms with Gasteiger partial charge in [0.25, 0.3) is 0 Å². The normalized spacial score (nSPS) is 27.9. The van der Waals surface area contributed by atoms with Gasteiger partial charge in [-0.1, -0.05) is 25.0 Å². The van der Waals surface area contributed by atoms with Crippen LogP contribution in [0.15, 0.2) is 11.6 Å². The zero-order valence-corrected chi connectivity index (χ0v) is 13.7. The maximum atomic E-state index is 3.75. The molecule has 2 atom stereocenters. The molecule has 0 saturated carbocycles. The van der Waals surface area contributed by atoms with Gasteiger partial charge in [0, 0.05) is 31.7 Å². The summed E-state index contributed by atoms with van der Waals surface area (Å²) in [6.07, 6.45) is 10.6. The van der Waals surface area contributed by atoms with Crippen LogP contribution in [0, 0.1) is 0 Å². The summed E-state index contributed by atoms with van der Waals surface area (Å²) in [7, 11) is 4.55. The van der Waals surface area contributed by atoms with E-state index in [2.05, 4.69) is 42.2 Å². The van der Waals surface area contributed by atoms with Crippen LogP contribution in [0.25, 0.3) is 0 Å². The Labute approximate surface area is 125 Å². The summed E-state index contributed by atoms with van der Waals surface area (Å²) < 4.78 is 0. The highest BCUT2D eigenvalue weighted by Crippen LogP contribution is 2.24. The second kappa shape index (κ2) is 8.16. The second-order valence-electron chi connectivity index (χ2n) is 6.62. The van der Waals surface area contributed by atoms with Gasteiger partial charge >= 0.3 is 0 Å². The predicted octanol–water partition coefficient (Wildman–Crippen LogP) is 2.49. The Morgan fingerprint density at radius 3 is 2.90 bits per heavy atom. The monoisotopic (exact) mass is 279 g/mol. The first kappa shape index (κ1) is 16.0. The molecule has 2 aliphatic rings. The molecule has 1 aliphatic heterocycles. The molecule has 0 aromatic rings. The van der Waals surface area contributed by atoms with Crippen molar-refractivity contribution >= 4 is 0 Å². The van der Waals surface area contributed by atoms with E-state index in [9.17, 15) is 0 Å². The summed E-state index contributed by atoms with van der Waals surface area (Å²) in [5, 5.41) is 3.75. The molecule has 1 saturated heterocycles. The fraction of sp³-hybridized carbons (Fsp3) is 0.882. The van der Waals surface area contributed by atoms with E-state index in [1.807, 2.05) is 0 Å². The number of allylic oxidation sites excluding steroid dienone is 1. The van der Waals surface area contributed by atoms with Gasteiger partial charge < -0.3 is 15.1 Å². The molecule has 20 heavy (non-hydrogen) atoms. The largest absolute Gasteiger partial charge is 0.310 e. The quantitative estimate of drug-likeness (QED) is 0.780. The smallest absolute Gasteiger partial charge is 0.0294 e. The Morgan fingerprint density at radius 2 is 2.10 bits per heavy atom. The van der Waals surface area contributed by atoms with E-state index in [1.165, 1.54) is 58.2 Å². The van der Waals surface area contributed by atoms with Crippen LogP contribution in [0.1, 0.15) is 45.4 Å². The van der Waals surface area contributed by atoms with E-state index in [0.29, 0.717) is 12.1 Å². The number of rotatable bonds is 5. The molecule has 3 nitrogen and oxygen atoms in total. The van der Waals surface area contributed by atoms with Crippen molar-refractivity contribution in [3.05, 3.63) is 11.6 Å². The summed E-state index contributed by atoms with van der Waals surface area (Å²) >= 11 is 0. The highest BCUT2D eigenvalue weighted by atomic mass is 15.3. The maximum absolute atomic E-state index is 3.75. The molecule has 0 radical (unpaired) electrons. The third kappa shape index (κ3) is 4.57. The van der Waals surface area contributed by atoms with Gasteiger partial charge in [-0.25, -0.2) is 0 Å². The standard InChI is InChI=1S/C17H33N3/c1-4-18-17(15-9-7-5-6-8-10-15)13-16-14-19(2)11-12-20(16)3/h9,16-18H,4-8,10-14H2,1-3H3. The molecular formula is C17H33N3. The molecule has 0 amide bonds. The molecule has 1 heterocycles. The average molecular weight is 279 g/mol. The van der Waals surface area contributed by atoms with Gasteiger partial charge in [0.15, 0.2) is 0 Å². The molecule has 2 unspecified atom stereocenters. The van der Waals surface area contributed by atoms with E-state index in [-0.39, 0.29) is 0 Å². The topological polar surface area (TPSA) is 18.5 Å². The lowest BCUT2D eigenvalue weighted by Crippen LogP contribution is -2.52. The van der Waals surface area contributed by atoms with Gasteiger partial charge in [0.1, 0.15) is 0 Å². The van der Waals surface area contributed by atoms with Crippen LogP contribution >= 0.6 is 0 Å². The second-order valence-corrected chi connectivity index (χ2v) is 6.62. The van der Waals surface area contributed by atoms with Crippen molar-refractivity contribution in [1.29, 1.82) is 0 Å². The predicted molar refractivity (Wildman–Crippen MR) is 87.2 cm³/mol. The van der Waals surface area contributed by atoms with Crippen molar-refractivity contribution < 1.29 is 0 Å². The van der Waals surface area contributed by atoms with Crippen molar-refractivity contribution in [1.82, 2.24) is 15.1 Å². The fourth-order valence-electron chi connectivity index (χ4n) is 3.60. The molecule has 1 aliphatic carbocycles. The molecule has 2 rings (SSSR count). The van der Waals surface area contributed by atoms with Crippen molar-refractivity contribution in [2.45, 2.75) is 57.5 Å². The van der Waals surface area contributed by atoms with E-state index in [4.69, 9.17) is 0 Å². The third-order valence-electron chi connectivity index (χ3n) is 4.96. The summed E-state index contributed by atoms with van der Waals surface area (Å²) in [4.78, 5) is 5.04. The zero-order valence-electron chi connectivity index (χ0n) is 13.7. The van der Waals surface area contributed by atoms with Crippen LogP contribution in [0.2, 0.25) is 0 Å². The van der Waals surface area contributed by atoms with Crippen LogP contribution in [0.5, 0.6) is 0 Å².